The van der Waals surface area contributed by atoms with E-state index < -0.39 is 57.1 Å². The molecule has 3 unspecified atom stereocenters. The molecular weight excluding hydrogens is 411 g/mol. The molecule has 0 aromatic heterocycles. The molecule has 0 radical (unpaired) electrons. The highest BCUT2D eigenvalue weighted by molar-refractivity contribution is 9.10. The predicted molar refractivity (Wildman–Crippen MR) is 83.5 cm³/mol. The molecule has 0 spiro atoms. The average molecular weight is 420 g/mol. The van der Waals surface area contributed by atoms with Gasteiger partial charge in [-0.25, -0.2) is 4.90 Å². The standard InChI is InChI=1S/C15H9BrF3NO3S/c16-8-2-1-6(5-7(8)15(17,18)19)20-13(21)11-9-3-4-10(24(9)23)12(11)14(20)22/h1-5,9-12H/t9?,10?,11-,12+,24?. The van der Waals surface area contributed by atoms with E-state index in [2.05, 4.69) is 15.9 Å². The molecule has 3 aliphatic heterocycles. The Morgan fingerprint density at radius 2 is 1.62 bits per heavy atom. The molecule has 3 heterocycles. The molecule has 1 aromatic rings. The van der Waals surface area contributed by atoms with E-state index in [1.807, 2.05) is 0 Å². The van der Waals surface area contributed by atoms with Crippen molar-refractivity contribution in [1.29, 1.82) is 0 Å². The predicted octanol–water partition coefficient (Wildman–Crippen LogP) is 2.64. The first-order chi connectivity index (χ1) is 11.2. The zero-order valence-corrected chi connectivity index (χ0v) is 14.2. The number of carbonyl (C=O) groups is 2. The number of anilines is 1. The SMILES string of the molecule is O=C1[C@@H]2C3C=CC([C@@H]2C(=O)N1c1ccc(Br)c(C(F)(F)F)c1)[S+]3[O-]. The molecule has 0 saturated carbocycles. The lowest BCUT2D eigenvalue weighted by atomic mass is 9.85. The lowest BCUT2D eigenvalue weighted by Gasteiger charge is -2.20. The summed E-state index contributed by atoms with van der Waals surface area (Å²) in [6.45, 7) is 0. The van der Waals surface area contributed by atoms with Crippen LogP contribution < -0.4 is 4.90 Å². The molecule has 1 aromatic carbocycles. The van der Waals surface area contributed by atoms with Crippen LogP contribution in [-0.4, -0.2) is 26.9 Å². The van der Waals surface area contributed by atoms with E-state index in [1.165, 1.54) is 6.07 Å². The molecule has 24 heavy (non-hydrogen) atoms. The maximum absolute atomic E-state index is 13.1. The molecule has 3 aliphatic rings. The average Bonchev–Trinajstić information content (AvgIpc) is 3.09. The van der Waals surface area contributed by atoms with Crippen molar-refractivity contribution in [2.75, 3.05) is 4.90 Å². The van der Waals surface area contributed by atoms with Crippen LogP contribution in [0.3, 0.4) is 0 Å². The maximum Gasteiger partial charge on any atom is 0.417 e. The summed E-state index contributed by atoms with van der Waals surface area (Å²) >= 11 is 1.52. The first kappa shape index (κ1) is 16.2. The van der Waals surface area contributed by atoms with E-state index in [4.69, 9.17) is 0 Å². The third kappa shape index (κ3) is 2.04. The topological polar surface area (TPSA) is 60.4 Å². The Morgan fingerprint density at radius 1 is 1.08 bits per heavy atom. The number of nitrogens with zero attached hydrogens (tertiary/aromatic N) is 1. The molecular formula is C15H9BrF3NO3S. The van der Waals surface area contributed by atoms with Gasteiger partial charge >= 0.3 is 6.18 Å². The molecule has 2 bridgehead atoms. The van der Waals surface area contributed by atoms with E-state index >= 15 is 0 Å². The Bertz CT molecular complexity index is 765. The molecule has 2 saturated heterocycles. The van der Waals surface area contributed by atoms with Gasteiger partial charge in [0.1, 0.15) is 22.3 Å². The minimum Gasteiger partial charge on any atom is -0.615 e. The summed E-state index contributed by atoms with van der Waals surface area (Å²) in [5.41, 5.74) is -1.07. The quantitative estimate of drug-likeness (QED) is 0.399. The molecule has 4 rings (SSSR count). The van der Waals surface area contributed by atoms with Crippen LogP contribution in [0.2, 0.25) is 0 Å². The van der Waals surface area contributed by atoms with Crippen LogP contribution >= 0.6 is 15.9 Å². The van der Waals surface area contributed by atoms with Crippen LogP contribution in [0.25, 0.3) is 0 Å². The van der Waals surface area contributed by atoms with Gasteiger partial charge in [0.2, 0.25) is 11.8 Å². The Morgan fingerprint density at radius 3 is 2.12 bits per heavy atom. The number of hydrogen-bond acceptors (Lipinski definition) is 3. The normalized spacial score (nSPS) is 34.4. The van der Waals surface area contributed by atoms with E-state index in [0.29, 0.717) is 0 Å². The molecule has 0 aliphatic carbocycles. The number of hydrogen-bond donors (Lipinski definition) is 0. The van der Waals surface area contributed by atoms with Gasteiger partial charge in [0.25, 0.3) is 0 Å². The van der Waals surface area contributed by atoms with Crippen LogP contribution in [-0.2, 0) is 26.9 Å². The Kier molecular flexibility index (Phi) is 3.43. The summed E-state index contributed by atoms with van der Waals surface area (Å²) in [6.07, 6.45) is -1.28. The van der Waals surface area contributed by atoms with E-state index in [0.717, 1.165) is 17.0 Å². The highest BCUT2D eigenvalue weighted by atomic mass is 79.9. The third-order valence-corrected chi connectivity index (χ3v) is 7.31. The van der Waals surface area contributed by atoms with Crippen molar-refractivity contribution in [2.45, 2.75) is 16.7 Å². The number of benzene rings is 1. The lowest BCUT2D eigenvalue weighted by molar-refractivity contribution is -0.138. The Balaban J connectivity index is 1.75. The maximum atomic E-state index is 13.1. The fourth-order valence-electron chi connectivity index (χ4n) is 3.61. The van der Waals surface area contributed by atoms with Crippen LogP contribution in [0.4, 0.5) is 18.9 Å². The summed E-state index contributed by atoms with van der Waals surface area (Å²) in [5, 5.41) is -1.06. The first-order valence-electron chi connectivity index (χ1n) is 7.04. The van der Waals surface area contributed by atoms with Gasteiger partial charge in [0.05, 0.1) is 11.3 Å². The van der Waals surface area contributed by atoms with Crippen molar-refractivity contribution in [3.8, 4) is 0 Å². The van der Waals surface area contributed by atoms with Crippen LogP contribution in [0.15, 0.2) is 34.8 Å². The summed E-state index contributed by atoms with van der Waals surface area (Å²) in [5.74, 6) is -2.64. The van der Waals surface area contributed by atoms with Crippen molar-refractivity contribution in [2.24, 2.45) is 11.8 Å². The van der Waals surface area contributed by atoms with Gasteiger partial charge in [0.15, 0.2) is 0 Å². The highest BCUT2D eigenvalue weighted by Crippen LogP contribution is 2.50. The minimum atomic E-state index is -4.61. The van der Waals surface area contributed by atoms with E-state index in [-0.39, 0.29) is 10.2 Å². The van der Waals surface area contributed by atoms with Gasteiger partial charge in [-0.2, -0.15) is 13.2 Å². The molecule has 0 N–H and O–H groups in total. The second kappa shape index (κ2) is 5.09. The van der Waals surface area contributed by atoms with Crippen molar-refractivity contribution in [3.63, 3.8) is 0 Å². The second-order valence-electron chi connectivity index (χ2n) is 5.87. The number of rotatable bonds is 1. The second-order valence-corrected chi connectivity index (χ2v) is 8.47. The highest BCUT2D eigenvalue weighted by Gasteiger charge is 2.67. The smallest absolute Gasteiger partial charge is 0.417 e. The number of imide groups is 1. The van der Waals surface area contributed by atoms with E-state index in [9.17, 15) is 27.3 Å². The van der Waals surface area contributed by atoms with Gasteiger partial charge in [-0.05, 0) is 41.5 Å². The zero-order chi connectivity index (χ0) is 17.4. The molecule has 5 atom stereocenters. The van der Waals surface area contributed by atoms with Crippen molar-refractivity contribution < 1.29 is 27.3 Å². The molecule has 2 amide bonds. The van der Waals surface area contributed by atoms with Crippen molar-refractivity contribution in [1.82, 2.24) is 0 Å². The number of halogens is 4. The van der Waals surface area contributed by atoms with Crippen LogP contribution in [0.5, 0.6) is 0 Å². The number of amides is 2. The molecule has 126 valence electrons. The Labute approximate surface area is 146 Å². The summed E-state index contributed by atoms with van der Waals surface area (Å²) in [4.78, 5) is 26.1. The lowest BCUT2D eigenvalue weighted by Crippen LogP contribution is -2.36. The zero-order valence-electron chi connectivity index (χ0n) is 11.8. The van der Waals surface area contributed by atoms with Gasteiger partial charge in [-0.1, -0.05) is 15.9 Å². The summed E-state index contributed by atoms with van der Waals surface area (Å²) in [6, 6.07) is 3.24. The van der Waals surface area contributed by atoms with Crippen molar-refractivity contribution >= 4 is 44.6 Å². The van der Waals surface area contributed by atoms with Crippen LogP contribution in [0.1, 0.15) is 5.56 Å². The minimum absolute atomic E-state index is 0.111. The Hall–Kier alpha value is -1.32. The molecule has 9 heteroatoms. The van der Waals surface area contributed by atoms with E-state index in [1.54, 1.807) is 12.2 Å². The van der Waals surface area contributed by atoms with Gasteiger partial charge in [0, 0.05) is 4.47 Å². The number of alkyl halides is 3. The van der Waals surface area contributed by atoms with Crippen LogP contribution in [0, 0.1) is 11.8 Å². The van der Waals surface area contributed by atoms with Crippen molar-refractivity contribution in [3.05, 3.63) is 40.4 Å². The summed E-state index contributed by atoms with van der Waals surface area (Å²) < 4.78 is 51.1. The molecule has 2 fully saturated rings. The third-order valence-electron chi connectivity index (χ3n) is 4.65. The first-order valence-corrected chi connectivity index (χ1v) is 9.11. The monoisotopic (exact) mass is 419 g/mol. The summed E-state index contributed by atoms with van der Waals surface area (Å²) in [7, 11) is 0. The fourth-order valence-corrected chi connectivity index (χ4v) is 6.09. The number of carbonyl (C=O) groups excluding carboxylic acids is 2. The molecule has 4 nitrogen and oxygen atoms in total. The van der Waals surface area contributed by atoms with Gasteiger partial charge in [-0.3, -0.25) is 9.59 Å². The fraction of sp³-hybridized carbons (Fsp3) is 0.333. The van der Waals surface area contributed by atoms with Gasteiger partial charge in [-0.15, -0.1) is 0 Å². The number of fused-ring (bicyclic) bond motifs is 5. The van der Waals surface area contributed by atoms with Gasteiger partial charge < -0.3 is 4.55 Å². The largest absolute Gasteiger partial charge is 0.615 e.